The van der Waals surface area contributed by atoms with Crippen molar-refractivity contribution >= 4 is 11.8 Å². The van der Waals surface area contributed by atoms with Crippen molar-refractivity contribution in [1.82, 2.24) is 4.98 Å². The maximum atomic E-state index is 13.9. The molecule has 2 unspecified atom stereocenters. The Bertz CT molecular complexity index is 408. The van der Waals surface area contributed by atoms with E-state index >= 15 is 0 Å². The summed E-state index contributed by atoms with van der Waals surface area (Å²) < 4.78 is 19.3. The maximum absolute atomic E-state index is 13.9. The van der Waals surface area contributed by atoms with E-state index in [-0.39, 0.29) is 6.10 Å². The number of thioether (sulfide) groups is 1. The van der Waals surface area contributed by atoms with E-state index in [0.29, 0.717) is 17.9 Å². The summed E-state index contributed by atoms with van der Waals surface area (Å²) in [6, 6.07) is 1.61. The molecular weight excluding hydrogens is 241 g/mol. The molecule has 2 heterocycles. The van der Waals surface area contributed by atoms with E-state index in [9.17, 15) is 9.50 Å². The zero-order valence-corrected chi connectivity index (χ0v) is 10.8. The number of hydrogen-bond donors (Lipinski definition) is 1. The topological polar surface area (TPSA) is 42.4 Å². The minimum atomic E-state index is -0.898. The van der Waals surface area contributed by atoms with Crippen LogP contribution < -0.4 is 0 Å². The molecular formula is C12H16FNO2S. The van der Waals surface area contributed by atoms with E-state index in [1.807, 2.05) is 6.26 Å². The summed E-state index contributed by atoms with van der Waals surface area (Å²) in [4.78, 5) is 4.10. The smallest absolute Gasteiger partial charge is 0.150 e. The average Bonchev–Trinajstić information content (AvgIpc) is 2.85. The maximum Gasteiger partial charge on any atom is 0.150 e. The first-order valence-corrected chi connectivity index (χ1v) is 6.86. The monoisotopic (exact) mass is 257 g/mol. The quantitative estimate of drug-likeness (QED) is 0.845. The third-order valence-electron chi connectivity index (χ3n) is 2.97. The highest BCUT2D eigenvalue weighted by Gasteiger charge is 2.28. The van der Waals surface area contributed by atoms with E-state index in [2.05, 4.69) is 4.98 Å². The Morgan fingerprint density at radius 2 is 2.41 bits per heavy atom. The molecule has 1 fully saturated rings. The number of halogens is 1. The van der Waals surface area contributed by atoms with Gasteiger partial charge < -0.3 is 9.84 Å². The van der Waals surface area contributed by atoms with Gasteiger partial charge in [-0.25, -0.2) is 9.37 Å². The van der Waals surface area contributed by atoms with Gasteiger partial charge in [0.15, 0.2) is 0 Å². The van der Waals surface area contributed by atoms with Crippen LogP contribution in [0.5, 0.6) is 0 Å². The first kappa shape index (κ1) is 12.8. The number of aliphatic hydroxyl groups excluding tert-OH is 1. The number of aromatic nitrogens is 1. The molecule has 1 saturated heterocycles. The molecule has 2 rings (SSSR count). The summed E-state index contributed by atoms with van der Waals surface area (Å²) in [6.07, 6.45) is 2.38. The summed E-state index contributed by atoms with van der Waals surface area (Å²) in [5, 5.41) is 10.9. The first-order chi connectivity index (χ1) is 8.13. The lowest BCUT2D eigenvalue weighted by Gasteiger charge is -2.19. The van der Waals surface area contributed by atoms with Gasteiger partial charge in [0, 0.05) is 12.2 Å². The van der Waals surface area contributed by atoms with E-state index < -0.39 is 11.9 Å². The number of aliphatic hydroxyl groups is 1. The summed E-state index contributed by atoms with van der Waals surface area (Å²) in [5.74, 6) is -0.425. The predicted molar refractivity (Wildman–Crippen MR) is 64.6 cm³/mol. The lowest BCUT2D eigenvalue weighted by Crippen LogP contribution is -2.19. The number of nitrogens with zero attached hydrogens (tertiary/aromatic N) is 1. The third-order valence-corrected chi connectivity index (χ3v) is 3.60. The van der Waals surface area contributed by atoms with E-state index in [1.54, 1.807) is 13.0 Å². The SMILES string of the molecule is CSc1cc(C(O)C2CCCO2)c(F)c(C)n1. The Hall–Kier alpha value is -0.650. The van der Waals surface area contributed by atoms with Crippen LogP contribution in [-0.2, 0) is 4.74 Å². The largest absolute Gasteiger partial charge is 0.386 e. The molecule has 17 heavy (non-hydrogen) atoms. The molecule has 5 heteroatoms. The second kappa shape index (κ2) is 5.33. The van der Waals surface area contributed by atoms with Crippen molar-refractivity contribution in [3.05, 3.63) is 23.1 Å². The van der Waals surface area contributed by atoms with Gasteiger partial charge in [-0.1, -0.05) is 0 Å². The van der Waals surface area contributed by atoms with Crippen molar-refractivity contribution in [3.63, 3.8) is 0 Å². The van der Waals surface area contributed by atoms with Crippen LogP contribution in [-0.4, -0.2) is 29.1 Å². The molecule has 1 aromatic heterocycles. The van der Waals surface area contributed by atoms with Gasteiger partial charge in [-0.15, -0.1) is 11.8 Å². The number of hydrogen-bond acceptors (Lipinski definition) is 4. The summed E-state index contributed by atoms with van der Waals surface area (Å²) in [5.41, 5.74) is 0.623. The lowest BCUT2D eigenvalue weighted by molar-refractivity contribution is -0.00451. The normalized spacial score (nSPS) is 21.8. The van der Waals surface area contributed by atoms with Crippen LogP contribution in [0.1, 0.15) is 30.2 Å². The molecule has 0 saturated carbocycles. The van der Waals surface area contributed by atoms with Gasteiger partial charge in [-0.2, -0.15) is 0 Å². The molecule has 0 radical (unpaired) electrons. The molecule has 94 valence electrons. The number of ether oxygens (including phenoxy) is 1. The van der Waals surface area contributed by atoms with Gasteiger partial charge in [-0.3, -0.25) is 0 Å². The van der Waals surface area contributed by atoms with Crippen LogP contribution in [0.2, 0.25) is 0 Å². The minimum Gasteiger partial charge on any atom is -0.386 e. The van der Waals surface area contributed by atoms with Gasteiger partial charge in [-0.05, 0) is 32.1 Å². The van der Waals surface area contributed by atoms with Crippen molar-refractivity contribution in [2.75, 3.05) is 12.9 Å². The van der Waals surface area contributed by atoms with Crippen molar-refractivity contribution in [2.45, 2.75) is 37.0 Å². The highest BCUT2D eigenvalue weighted by molar-refractivity contribution is 7.98. The van der Waals surface area contributed by atoms with Crippen molar-refractivity contribution in [1.29, 1.82) is 0 Å². The molecule has 0 amide bonds. The van der Waals surface area contributed by atoms with Crippen LogP contribution in [0.25, 0.3) is 0 Å². The number of pyridine rings is 1. The van der Waals surface area contributed by atoms with Crippen LogP contribution in [0.15, 0.2) is 11.1 Å². The van der Waals surface area contributed by atoms with E-state index in [0.717, 1.165) is 17.9 Å². The van der Waals surface area contributed by atoms with Gasteiger partial charge in [0.1, 0.15) is 11.9 Å². The summed E-state index contributed by atoms with van der Waals surface area (Å²) in [7, 11) is 0. The fourth-order valence-corrected chi connectivity index (χ4v) is 2.50. The average molecular weight is 257 g/mol. The van der Waals surface area contributed by atoms with E-state index in [4.69, 9.17) is 4.74 Å². The van der Waals surface area contributed by atoms with Crippen LogP contribution >= 0.6 is 11.8 Å². The zero-order chi connectivity index (χ0) is 12.4. The van der Waals surface area contributed by atoms with Crippen LogP contribution in [0.3, 0.4) is 0 Å². The van der Waals surface area contributed by atoms with E-state index in [1.165, 1.54) is 11.8 Å². The van der Waals surface area contributed by atoms with Gasteiger partial charge >= 0.3 is 0 Å². The Kier molecular flexibility index (Phi) is 4.01. The van der Waals surface area contributed by atoms with Crippen LogP contribution in [0.4, 0.5) is 4.39 Å². The van der Waals surface area contributed by atoms with Crippen molar-refractivity contribution in [2.24, 2.45) is 0 Å². The lowest BCUT2D eigenvalue weighted by atomic mass is 10.0. The molecule has 0 aliphatic carbocycles. The Morgan fingerprint density at radius 3 is 3.00 bits per heavy atom. The molecule has 1 aliphatic rings. The van der Waals surface area contributed by atoms with Crippen molar-refractivity contribution < 1.29 is 14.2 Å². The predicted octanol–water partition coefficient (Wildman–Crippen LogP) is 2.46. The molecule has 1 aliphatic heterocycles. The second-order valence-electron chi connectivity index (χ2n) is 4.15. The number of aryl methyl sites for hydroxylation is 1. The van der Waals surface area contributed by atoms with Gasteiger partial charge in [0.2, 0.25) is 0 Å². The van der Waals surface area contributed by atoms with Gasteiger partial charge in [0.05, 0.1) is 16.8 Å². The fraction of sp³-hybridized carbons (Fsp3) is 0.583. The number of rotatable bonds is 3. The molecule has 0 bridgehead atoms. The fourth-order valence-electron chi connectivity index (χ4n) is 2.02. The molecule has 0 spiro atoms. The highest BCUT2D eigenvalue weighted by atomic mass is 32.2. The zero-order valence-electron chi connectivity index (χ0n) is 9.94. The standard InChI is InChI=1S/C12H16FNO2S/c1-7-11(13)8(6-10(14-7)17-2)12(15)9-4-3-5-16-9/h6,9,12,15H,3-5H2,1-2H3. The first-order valence-electron chi connectivity index (χ1n) is 5.64. The Labute approximate surface area is 104 Å². The Morgan fingerprint density at radius 1 is 1.65 bits per heavy atom. The van der Waals surface area contributed by atoms with Crippen molar-refractivity contribution in [3.8, 4) is 0 Å². The second-order valence-corrected chi connectivity index (χ2v) is 4.98. The summed E-state index contributed by atoms with van der Waals surface area (Å²) in [6.45, 7) is 2.25. The molecule has 1 aromatic rings. The van der Waals surface area contributed by atoms with Gasteiger partial charge in [0.25, 0.3) is 0 Å². The van der Waals surface area contributed by atoms with Crippen LogP contribution in [0, 0.1) is 12.7 Å². The Balaban J connectivity index is 2.32. The minimum absolute atomic E-state index is 0.291. The third kappa shape index (κ3) is 2.61. The molecule has 0 aromatic carbocycles. The summed E-state index contributed by atoms with van der Waals surface area (Å²) >= 11 is 1.44. The highest BCUT2D eigenvalue weighted by Crippen LogP contribution is 2.30. The molecule has 3 nitrogen and oxygen atoms in total. The molecule has 1 N–H and O–H groups in total. The molecule has 2 atom stereocenters.